The van der Waals surface area contributed by atoms with Gasteiger partial charge in [-0.25, -0.2) is 9.59 Å². The summed E-state index contributed by atoms with van der Waals surface area (Å²) in [6.45, 7) is 1.29. The highest BCUT2D eigenvalue weighted by Crippen LogP contribution is 2.40. The zero-order valence-corrected chi connectivity index (χ0v) is 13.4. The van der Waals surface area contributed by atoms with Crippen LogP contribution in [0.15, 0.2) is 18.2 Å². The molecule has 0 fully saturated rings. The van der Waals surface area contributed by atoms with Crippen molar-refractivity contribution in [2.24, 2.45) is 0 Å². The first-order chi connectivity index (χ1) is 12.1. The van der Waals surface area contributed by atoms with E-state index in [2.05, 4.69) is 0 Å². The topological polar surface area (TPSA) is 96.2 Å². The van der Waals surface area contributed by atoms with E-state index in [0.717, 1.165) is 0 Å². The second-order valence-electron chi connectivity index (χ2n) is 5.64. The van der Waals surface area contributed by atoms with Crippen molar-refractivity contribution in [3.63, 3.8) is 0 Å². The van der Waals surface area contributed by atoms with Gasteiger partial charge in [-0.05, 0) is 18.2 Å². The van der Waals surface area contributed by atoms with E-state index >= 15 is 0 Å². The lowest BCUT2D eigenvalue weighted by Gasteiger charge is -2.20. The Morgan fingerprint density at radius 3 is 2.64 bits per heavy atom. The van der Waals surface area contributed by atoms with Gasteiger partial charge in [0.25, 0.3) is 0 Å². The standard InChI is InChI=1S/C17H15NO7/c1-22-17(21)11-4-12(18-2-3-23-7-13(11)18)9-5-14-15(25-8-24-14)6-10(9)16(19)20/h4-6H,2-3,7-8H2,1H3,(H,19,20). The van der Waals surface area contributed by atoms with Gasteiger partial charge in [-0.3, -0.25) is 0 Å². The monoisotopic (exact) mass is 345 g/mol. The summed E-state index contributed by atoms with van der Waals surface area (Å²) in [5.74, 6) is -0.709. The van der Waals surface area contributed by atoms with Crippen LogP contribution < -0.4 is 9.47 Å². The minimum Gasteiger partial charge on any atom is -0.478 e. The molecule has 0 atom stereocenters. The summed E-state index contributed by atoms with van der Waals surface area (Å²) in [6, 6.07) is 4.71. The van der Waals surface area contributed by atoms with E-state index < -0.39 is 11.9 Å². The summed E-state index contributed by atoms with van der Waals surface area (Å²) in [5, 5.41) is 9.60. The summed E-state index contributed by atoms with van der Waals surface area (Å²) < 4.78 is 22.8. The molecule has 3 heterocycles. The van der Waals surface area contributed by atoms with Crippen LogP contribution in [0.2, 0.25) is 0 Å². The molecule has 8 nitrogen and oxygen atoms in total. The highest BCUT2D eigenvalue weighted by atomic mass is 16.7. The van der Waals surface area contributed by atoms with Crippen LogP contribution in [0, 0.1) is 0 Å². The second kappa shape index (κ2) is 5.82. The molecular formula is C17H15NO7. The molecule has 2 aromatic rings. The first-order valence-electron chi connectivity index (χ1n) is 7.66. The Hall–Kier alpha value is -3.00. The first kappa shape index (κ1) is 15.5. The number of methoxy groups -OCH3 is 1. The van der Waals surface area contributed by atoms with Crippen LogP contribution >= 0.6 is 0 Å². The molecule has 0 saturated carbocycles. The third kappa shape index (κ3) is 2.42. The number of esters is 1. The van der Waals surface area contributed by atoms with Crippen molar-refractivity contribution in [2.75, 3.05) is 20.5 Å². The molecule has 130 valence electrons. The van der Waals surface area contributed by atoms with Crippen molar-refractivity contribution in [3.05, 3.63) is 35.0 Å². The zero-order valence-electron chi connectivity index (χ0n) is 13.4. The van der Waals surface area contributed by atoms with Gasteiger partial charge in [0.05, 0.1) is 42.8 Å². The predicted molar refractivity (Wildman–Crippen MR) is 83.9 cm³/mol. The Morgan fingerprint density at radius 2 is 1.92 bits per heavy atom. The van der Waals surface area contributed by atoms with Crippen molar-refractivity contribution in [1.29, 1.82) is 0 Å². The highest BCUT2D eigenvalue weighted by molar-refractivity contribution is 5.99. The number of ether oxygens (including phenoxy) is 4. The Kier molecular flexibility index (Phi) is 3.61. The molecule has 0 amide bonds. The zero-order chi connectivity index (χ0) is 17.6. The Balaban J connectivity index is 1.95. The van der Waals surface area contributed by atoms with Gasteiger partial charge in [0, 0.05) is 12.1 Å². The SMILES string of the molecule is COC(=O)c1cc(-c2cc3c(cc2C(=O)O)OCO3)n2c1COCC2. The van der Waals surface area contributed by atoms with Gasteiger partial charge in [0.15, 0.2) is 11.5 Å². The number of nitrogens with zero attached hydrogens (tertiary/aromatic N) is 1. The largest absolute Gasteiger partial charge is 0.478 e. The van der Waals surface area contributed by atoms with Crippen molar-refractivity contribution < 1.29 is 33.6 Å². The van der Waals surface area contributed by atoms with E-state index in [-0.39, 0.29) is 19.0 Å². The predicted octanol–water partition coefficient (Wildman–Crippen LogP) is 1.90. The lowest BCUT2D eigenvalue weighted by Crippen LogP contribution is -2.19. The summed E-state index contributed by atoms with van der Waals surface area (Å²) in [7, 11) is 1.30. The van der Waals surface area contributed by atoms with Crippen molar-refractivity contribution in [1.82, 2.24) is 4.57 Å². The maximum absolute atomic E-state index is 12.1. The molecular weight excluding hydrogens is 330 g/mol. The maximum atomic E-state index is 12.1. The van der Waals surface area contributed by atoms with E-state index in [1.165, 1.54) is 13.2 Å². The van der Waals surface area contributed by atoms with Crippen LogP contribution in [0.1, 0.15) is 26.4 Å². The minimum absolute atomic E-state index is 0.0470. The van der Waals surface area contributed by atoms with Gasteiger partial charge in [-0.15, -0.1) is 0 Å². The molecule has 1 aromatic carbocycles. The van der Waals surface area contributed by atoms with Gasteiger partial charge >= 0.3 is 11.9 Å². The molecule has 0 spiro atoms. The van der Waals surface area contributed by atoms with Gasteiger partial charge < -0.3 is 28.6 Å². The fraction of sp³-hybridized carbons (Fsp3) is 0.294. The van der Waals surface area contributed by atoms with E-state index in [4.69, 9.17) is 18.9 Å². The Morgan fingerprint density at radius 1 is 1.16 bits per heavy atom. The van der Waals surface area contributed by atoms with E-state index in [1.807, 2.05) is 4.57 Å². The number of carboxylic acids is 1. The maximum Gasteiger partial charge on any atom is 0.339 e. The van der Waals surface area contributed by atoms with Gasteiger partial charge in [-0.2, -0.15) is 0 Å². The Labute approximate surface area is 142 Å². The van der Waals surface area contributed by atoms with Gasteiger partial charge in [-0.1, -0.05) is 0 Å². The second-order valence-corrected chi connectivity index (χ2v) is 5.64. The number of carboxylic acid groups (broad SMARTS) is 1. The van der Waals surface area contributed by atoms with E-state index in [9.17, 15) is 14.7 Å². The molecule has 8 heteroatoms. The number of aromatic nitrogens is 1. The van der Waals surface area contributed by atoms with Crippen LogP contribution in [0.5, 0.6) is 11.5 Å². The number of hydrogen-bond donors (Lipinski definition) is 1. The molecule has 4 rings (SSSR count). The van der Waals surface area contributed by atoms with Crippen molar-refractivity contribution in [2.45, 2.75) is 13.2 Å². The number of benzene rings is 1. The summed E-state index contributed by atoms with van der Waals surface area (Å²) in [5.41, 5.74) is 2.17. The average Bonchev–Trinajstić information content (AvgIpc) is 3.23. The summed E-state index contributed by atoms with van der Waals surface area (Å²) >= 11 is 0. The van der Waals surface area contributed by atoms with E-state index in [0.29, 0.717) is 47.2 Å². The lowest BCUT2D eigenvalue weighted by atomic mass is 10.0. The van der Waals surface area contributed by atoms with Crippen LogP contribution in [-0.4, -0.2) is 42.1 Å². The highest BCUT2D eigenvalue weighted by Gasteiger charge is 2.28. The molecule has 0 saturated heterocycles. The number of fused-ring (bicyclic) bond motifs is 2. The quantitative estimate of drug-likeness (QED) is 0.849. The minimum atomic E-state index is -1.09. The summed E-state index contributed by atoms with van der Waals surface area (Å²) in [4.78, 5) is 23.8. The van der Waals surface area contributed by atoms with Crippen LogP contribution in [0.4, 0.5) is 0 Å². The van der Waals surface area contributed by atoms with Crippen LogP contribution in [0.25, 0.3) is 11.3 Å². The van der Waals surface area contributed by atoms with Crippen molar-refractivity contribution >= 4 is 11.9 Å². The normalized spacial score (nSPS) is 14.9. The molecule has 2 aliphatic heterocycles. The lowest BCUT2D eigenvalue weighted by molar-refractivity contribution is 0.0574. The fourth-order valence-corrected chi connectivity index (χ4v) is 3.17. The number of rotatable bonds is 3. The summed E-state index contributed by atoms with van der Waals surface area (Å²) in [6.07, 6.45) is 0. The molecule has 0 radical (unpaired) electrons. The molecule has 1 aromatic heterocycles. The third-order valence-electron chi connectivity index (χ3n) is 4.33. The van der Waals surface area contributed by atoms with E-state index in [1.54, 1.807) is 12.1 Å². The van der Waals surface area contributed by atoms with Crippen molar-refractivity contribution in [3.8, 4) is 22.8 Å². The number of hydrogen-bond acceptors (Lipinski definition) is 6. The number of carbonyl (C=O) groups excluding carboxylic acids is 1. The number of carbonyl (C=O) groups is 2. The average molecular weight is 345 g/mol. The van der Waals surface area contributed by atoms with Crippen LogP contribution in [0.3, 0.4) is 0 Å². The smallest absolute Gasteiger partial charge is 0.339 e. The molecule has 25 heavy (non-hydrogen) atoms. The Bertz CT molecular complexity index is 884. The molecule has 0 aliphatic carbocycles. The molecule has 1 N–H and O–H groups in total. The fourth-order valence-electron chi connectivity index (χ4n) is 3.17. The van der Waals surface area contributed by atoms with Crippen LogP contribution in [-0.2, 0) is 22.6 Å². The van der Waals surface area contributed by atoms with Gasteiger partial charge in [0.2, 0.25) is 6.79 Å². The number of aromatic carboxylic acids is 1. The molecule has 2 aliphatic rings. The third-order valence-corrected chi connectivity index (χ3v) is 4.33. The first-order valence-corrected chi connectivity index (χ1v) is 7.66. The van der Waals surface area contributed by atoms with Gasteiger partial charge in [0.1, 0.15) is 0 Å². The molecule has 0 unspecified atom stereocenters. The molecule has 0 bridgehead atoms.